The number of hydrogen-bond acceptors (Lipinski definition) is 2. The molecule has 2 unspecified atom stereocenters. The molecule has 0 bridgehead atoms. The summed E-state index contributed by atoms with van der Waals surface area (Å²) < 4.78 is 0. The van der Waals surface area contributed by atoms with E-state index < -0.39 is 0 Å². The van der Waals surface area contributed by atoms with Crippen molar-refractivity contribution in [1.29, 1.82) is 0 Å². The number of halogens is 1. The van der Waals surface area contributed by atoms with Crippen molar-refractivity contribution >= 4 is 11.6 Å². The average Bonchev–Trinajstić information content (AvgIpc) is 2.81. The van der Waals surface area contributed by atoms with E-state index in [0.29, 0.717) is 12.6 Å². The minimum absolute atomic E-state index is 0.274. The summed E-state index contributed by atoms with van der Waals surface area (Å²) in [5.41, 5.74) is 7.15. The molecule has 2 nitrogen and oxygen atoms in total. The molecule has 0 radical (unpaired) electrons. The molecule has 1 aromatic rings. The molecule has 2 rings (SSSR count). The zero-order valence-corrected chi connectivity index (χ0v) is 11.2. The van der Waals surface area contributed by atoms with E-state index in [9.17, 15) is 0 Å². The molecule has 17 heavy (non-hydrogen) atoms. The number of likely N-dealkylation sites (tertiary alicyclic amines) is 1. The second kappa shape index (κ2) is 5.85. The standard InChI is InChI=1S/C14H21ClN2/c1-2-11-6-5-9-17(11)14(10-16)12-7-3-4-8-13(12)15/h3-4,7-8,11,14H,2,5-6,9-10,16H2,1H3. The Morgan fingerprint density at radius 3 is 2.88 bits per heavy atom. The first kappa shape index (κ1) is 12.9. The van der Waals surface area contributed by atoms with Gasteiger partial charge in [-0.25, -0.2) is 0 Å². The number of hydrogen-bond donors (Lipinski definition) is 1. The molecule has 1 aliphatic rings. The maximum Gasteiger partial charge on any atom is 0.0488 e. The van der Waals surface area contributed by atoms with Gasteiger partial charge in [0.05, 0.1) is 0 Å². The Labute approximate surface area is 109 Å². The molecule has 0 saturated carbocycles. The number of rotatable bonds is 4. The summed E-state index contributed by atoms with van der Waals surface area (Å²) in [4.78, 5) is 2.53. The first-order valence-corrected chi connectivity index (χ1v) is 6.86. The third kappa shape index (κ3) is 2.65. The summed E-state index contributed by atoms with van der Waals surface area (Å²) in [7, 11) is 0. The van der Waals surface area contributed by atoms with E-state index in [-0.39, 0.29) is 6.04 Å². The largest absolute Gasteiger partial charge is 0.329 e. The molecule has 1 fully saturated rings. The lowest BCUT2D eigenvalue weighted by atomic mass is 10.0. The fourth-order valence-corrected chi connectivity index (χ4v) is 3.15. The molecule has 2 atom stereocenters. The molecule has 0 amide bonds. The quantitative estimate of drug-likeness (QED) is 0.892. The van der Waals surface area contributed by atoms with Crippen molar-refractivity contribution in [2.24, 2.45) is 5.73 Å². The summed E-state index contributed by atoms with van der Waals surface area (Å²) in [5.74, 6) is 0. The molecule has 2 N–H and O–H groups in total. The molecule has 1 saturated heterocycles. The molecule has 0 spiro atoms. The summed E-state index contributed by atoms with van der Waals surface area (Å²) in [6.07, 6.45) is 3.76. The van der Waals surface area contributed by atoms with Gasteiger partial charge >= 0.3 is 0 Å². The highest BCUT2D eigenvalue weighted by molar-refractivity contribution is 6.31. The number of nitrogens with zero attached hydrogens (tertiary/aromatic N) is 1. The minimum atomic E-state index is 0.274. The van der Waals surface area contributed by atoms with Crippen LogP contribution in [0.3, 0.4) is 0 Å². The van der Waals surface area contributed by atoms with Crippen molar-refractivity contribution in [1.82, 2.24) is 4.90 Å². The first-order chi connectivity index (χ1) is 8.27. The summed E-state index contributed by atoms with van der Waals surface area (Å²) in [5, 5.41) is 0.838. The van der Waals surface area contributed by atoms with Gasteiger partial charge in [-0.3, -0.25) is 4.90 Å². The second-order valence-corrected chi connectivity index (χ2v) is 5.12. The van der Waals surface area contributed by atoms with Crippen LogP contribution in [-0.2, 0) is 0 Å². The SMILES string of the molecule is CCC1CCCN1C(CN)c1ccccc1Cl. The molecule has 1 aliphatic heterocycles. The highest BCUT2D eigenvalue weighted by Gasteiger charge is 2.30. The van der Waals surface area contributed by atoms with Crippen LogP contribution < -0.4 is 5.73 Å². The van der Waals surface area contributed by atoms with E-state index in [0.717, 1.165) is 11.6 Å². The van der Waals surface area contributed by atoms with Crippen molar-refractivity contribution in [2.45, 2.75) is 38.3 Å². The number of benzene rings is 1. The van der Waals surface area contributed by atoms with Gasteiger partial charge in [-0.1, -0.05) is 36.7 Å². The lowest BCUT2D eigenvalue weighted by molar-refractivity contribution is 0.180. The van der Waals surface area contributed by atoms with Gasteiger partial charge in [0.25, 0.3) is 0 Å². The van der Waals surface area contributed by atoms with Gasteiger partial charge in [0.1, 0.15) is 0 Å². The van der Waals surface area contributed by atoms with Gasteiger partial charge in [0.2, 0.25) is 0 Å². The van der Waals surface area contributed by atoms with Crippen LogP contribution in [0.5, 0.6) is 0 Å². The smallest absolute Gasteiger partial charge is 0.0488 e. The van der Waals surface area contributed by atoms with E-state index in [1.54, 1.807) is 0 Å². The van der Waals surface area contributed by atoms with Gasteiger partial charge in [-0.15, -0.1) is 0 Å². The molecule has 94 valence electrons. The molecule has 0 aliphatic carbocycles. The first-order valence-electron chi connectivity index (χ1n) is 6.48. The second-order valence-electron chi connectivity index (χ2n) is 4.72. The Hall–Kier alpha value is -0.570. The van der Waals surface area contributed by atoms with Crippen LogP contribution in [0.2, 0.25) is 5.02 Å². The summed E-state index contributed by atoms with van der Waals surface area (Å²) >= 11 is 6.28. The molecular weight excluding hydrogens is 232 g/mol. The normalized spacial score (nSPS) is 22.9. The van der Waals surface area contributed by atoms with Crippen molar-refractivity contribution in [2.75, 3.05) is 13.1 Å². The summed E-state index contributed by atoms with van der Waals surface area (Å²) in [6, 6.07) is 9.01. The van der Waals surface area contributed by atoms with Crippen LogP contribution in [0.4, 0.5) is 0 Å². The molecular formula is C14H21ClN2. The van der Waals surface area contributed by atoms with Gasteiger partial charge in [-0.2, -0.15) is 0 Å². The minimum Gasteiger partial charge on any atom is -0.329 e. The van der Waals surface area contributed by atoms with Gasteiger partial charge in [-0.05, 0) is 37.4 Å². The van der Waals surface area contributed by atoms with Crippen molar-refractivity contribution in [3.63, 3.8) is 0 Å². The van der Waals surface area contributed by atoms with Crippen LogP contribution in [0.1, 0.15) is 37.8 Å². The lowest BCUT2D eigenvalue weighted by Gasteiger charge is -2.32. The molecule has 3 heteroatoms. The topological polar surface area (TPSA) is 29.3 Å². The lowest BCUT2D eigenvalue weighted by Crippen LogP contribution is -2.37. The van der Waals surface area contributed by atoms with Crippen LogP contribution >= 0.6 is 11.6 Å². The Morgan fingerprint density at radius 1 is 1.47 bits per heavy atom. The van der Waals surface area contributed by atoms with Crippen molar-refractivity contribution < 1.29 is 0 Å². The molecule has 1 aromatic carbocycles. The van der Waals surface area contributed by atoms with Crippen LogP contribution in [0.15, 0.2) is 24.3 Å². The maximum atomic E-state index is 6.28. The van der Waals surface area contributed by atoms with Crippen molar-refractivity contribution in [3.8, 4) is 0 Å². The monoisotopic (exact) mass is 252 g/mol. The highest BCUT2D eigenvalue weighted by Crippen LogP contribution is 2.33. The predicted octanol–water partition coefficient (Wildman–Crippen LogP) is 3.21. The Bertz CT molecular complexity index is 367. The molecule has 1 heterocycles. The number of nitrogens with two attached hydrogens (primary N) is 1. The fraction of sp³-hybridized carbons (Fsp3) is 0.571. The Morgan fingerprint density at radius 2 is 2.24 bits per heavy atom. The van der Waals surface area contributed by atoms with Gasteiger partial charge < -0.3 is 5.73 Å². The van der Waals surface area contributed by atoms with E-state index in [1.165, 1.54) is 24.8 Å². The third-order valence-corrected chi connectivity index (χ3v) is 4.13. The average molecular weight is 253 g/mol. The Kier molecular flexibility index (Phi) is 4.43. The van der Waals surface area contributed by atoms with E-state index in [1.807, 2.05) is 18.2 Å². The van der Waals surface area contributed by atoms with E-state index in [2.05, 4.69) is 17.9 Å². The van der Waals surface area contributed by atoms with E-state index in [4.69, 9.17) is 17.3 Å². The molecule has 0 aromatic heterocycles. The van der Waals surface area contributed by atoms with Gasteiger partial charge in [0.15, 0.2) is 0 Å². The van der Waals surface area contributed by atoms with Crippen LogP contribution in [0, 0.1) is 0 Å². The Balaban J connectivity index is 2.24. The van der Waals surface area contributed by atoms with Crippen LogP contribution in [0.25, 0.3) is 0 Å². The van der Waals surface area contributed by atoms with Crippen LogP contribution in [-0.4, -0.2) is 24.0 Å². The maximum absolute atomic E-state index is 6.28. The third-order valence-electron chi connectivity index (χ3n) is 3.78. The summed E-state index contributed by atoms with van der Waals surface area (Å²) in [6.45, 7) is 4.04. The zero-order valence-electron chi connectivity index (χ0n) is 10.4. The van der Waals surface area contributed by atoms with Crippen molar-refractivity contribution in [3.05, 3.63) is 34.9 Å². The fourth-order valence-electron chi connectivity index (χ4n) is 2.89. The zero-order chi connectivity index (χ0) is 12.3. The van der Waals surface area contributed by atoms with E-state index >= 15 is 0 Å². The predicted molar refractivity (Wildman–Crippen MR) is 73.3 cm³/mol. The highest BCUT2D eigenvalue weighted by atomic mass is 35.5. The van der Waals surface area contributed by atoms with Gasteiger partial charge in [0, 0.05) is 23.7 Å².